The minimum Gasteiger partial charge on any atom is -0.364 e. The molecule has 0 saturated carbocycles. The molecule has 1 atom stereocenters. The van der Waals surface area contributed by atoms with Crippen LogP contribution in [0, 0.1) is 17.0 Å². The minimum atomic E-state index is -0.395. The zero-order chi connectivity index (χ0) is 16.3. The van der Waals surface area contributed by atoms with E-state index in [-0.39, 0.29) is 11.6 Å². The number of nitro groups is 1. The van der Waals surface area contributed by atoms with Crippen LogP contribution >= 0.6 is 11.6 Å². The molecular formula is C15H19ClN4O2. The molecule has 1 aromatic heterocycles. The van der Waals surface area contributed by atoms with Crippen molar-refractivity contribution in [3.8, 4) is 0 Å². The smallest absolute Gasteiger partial charge is 0.333 e. The molecule has 22 heavy (non-hydrogen) atoms. The number of aromatic nitrogens is 2. The second kappa shape index (κ2) is 6.79. The summed E-state index contributed by atoms with van der Waals surface area (Å²) in [5.41, 5.74) is 1.60. The van der Waals surface area contributed by atoms with Gasteiger partial charge in [0, 0.05) is 24.5 Å². The molecule has 1 aromatic carbocycles. The highest BCUT2D eigenvalue weighted by Gasteiger charge is 2.24. The number of benzene rings is 1. The molecule has 7 heteroatoms. The molecule has 1 heterocycles. The number of aryl methyl sites for hydroxylation is 2. The van der Waals surface area contributed by atoms with Gasteiger partial charge in [-0.25, -0.2) is 4.68 Å². The highest BCUT2D eigenvalue weighted by atomic mass is 35.5. The van der Waals surface area contributed by atoms with Crippen molar-refractivity contribution >= 4 is 23.1 Å². The van der Waals surface area contributed by atoms with Crippen molar-refractivity contribution in [3.63, 3.8) is 0 Å². The van der Waals surface area contributed by atoms with E-state index in [1.807, 2.05) is 24.3 Å². The van der Waals surface area contributed by atoms with Gasteiger partial charge in [0.1, 0.15) is 5.69 Å². The van der Waals surface area contributed by atoms with Gasteiger partial charge in [-0.15, -0.1) is 0 Å². The fourth-order valence-electron chi connectivity index (χ4n) is 2.52. The molecule has 0 aliphatic heterocycles. The number of rotatable bonds is 6. The average Bonchev–Trinajstić information content (AvgIpc) is 2.75. The Balaban J connectivity index is 2.18. The van der Waals surface area contributed by atoms with Gasteiger partial charge in [0.05, 0.1) is 4.92 Å². The van der Waals surface area contributed by atoms with Gasteiger partial charge in [0.15, 0.2) is 0 Å². The second-order valence-corrected chi connectivity index (χ2v) is 5.64. The van der Waals surface area contributed by atoms with Crippen molar-refractivity contribution in [3.05, 3.63) is 50.7 Å². The molecule has 0 saturated heterocycles. The summed E-state index contributed by atoms with van der Waals surface area (Å²) < 4.78 is 1.52. The number of anilines is 1. The van der Waals surface area contributed by atoms with Crippen LogP contribution in [-0.4, -0.2) is 21.2 Å². The largest absolute Gasteiger partial charge is 0.364 e. The fraction of sp³-hybridized carbons (Fsp3) is 0.400. The first-order valence-corrected chi connectivity index (χ1v) is 7.49. The lowest BCUT2D eigenvalue weighted by Crippen LogP contribution is -2.15. The average molecular weight is 323 g/mol. The Labute approximate surface area is 134 Å². The van der Waals surface area contributed by atoms with Crippen molar-refractivity contribution < 1.29 is 4.92 Å². The summed E-state index contributed by atoms with van der Waals surface area (Å²) in [5.74, 6) is 0.682. The Morgan fingerprint density at radius 1 is 1.41 bits per heavy atom. The normalized spacial score (nSPS) is 12.2. The zero-order valence-corrected chi connectivity index (χ0v) is 13.6. The maximum atomic E-state index is 11.2. The molecule has 0 radical (unpaired) electrons. The molecular weight excluding hydrogens is 304 g/mol. The maximum absolute atomic E-state index is 11.2. The Bertz CT molecular complexity index is 667. The summed E-state index contributed by atoms with van der Waals surface area (Å²) in [6.45, 7) is 4.32. The molecule has 1 unspecified atom stereocenters. The number of hydrogen-bond donors (Lipinski definition) is 1. The summed E-state index contributed by atoms with van der Waals surface area (Å²) in [7, 11) is 1.70. The van der Waals surface area contributed by atoms with Crippen molar-refractivity contribution in [1.29, 1.82) is 0 Å². The topological polar surface area (TPSA) is 73.0 Å². The standard InChI is InChI=1S/C15H19ClN4O2/c1-4-11(12-5-7-13(16)8-6-12)9-17-15-14(20(21)22)10(2)18-19(15)3/h5-8,11,17H,4,9H2,1-3H3. The van der Waals surface area contributed by atoms with Crippen LogP contribution in [0.1, 0.15) is 30.5 Å². The van der Waals surface area contributed by atoms with Crippen LogP contribution in [-0.2, 0) is 7.05 Å². The van der Waals surface area contributed by atoms with Crippen molar-refractivity contribution in [2.24, 2.45) is 7.05 Å². The van der Waals surface area contributed by atoms with Gasteiger partial charge in [-0.05, 0) is 31.0 Å². The lowest BCUT2D eigenvalue weighted by molar-refractivity contribution is -0.384. The lowest BCUT2D eigenvalue weighted by atomic mass is 9.96. The number of nitrogens with zero attached hydrogens (tertiary/aromatic N) is 3. The lowest BCUT2D eigenvalue weighted by Gasteiger charge is -2.17. The van der Waals surface area contributed by atoms with Gasteiger partial charge in [0.25, 0.3) is 0 Å². The minimum absolute atomic E-state index is 0.0356. The van der Waals surface area contributed by atoms with E-state index in [2.05, 4.69) is 17.3 Å². The van der Waals surface area contributed by atoms with Crippen LogP contribution in [0.25, 0.3) is 0 Å². The van der Waals surface area contributed by atoms with E-state index in [4.69, 9.17) is 11.6 Å². The first-order chi connectivity index (χ1) is 10.4. The molecule has 2 aromatic rings. The van der Waals surface area contributed by atoms with E-state index in [1.165, 1.54) is 4.68 Å². The summed E-state index contributed by atoms with van der Waals surface area (Å²) in [6.07, 6.45) is 0.916. The molecule has 6 nitrogen and oxygen atoms in total. The third kappa shape index (κ3) is 3.39. The summed E-state index contributed by atoms with van der Waals surface area (Å²) >= 11 is 5.91. The van der Waals surface area contributed by atoms with Gasteiger partial charge in [-0.2, -0.15) is 5.10 Å². The van der Waals surface area contributed by atoms with E-state index < -0.39 is 4.92 Å². The van der Waals surface area contributed by atoms with Crippen LogP contribution < -0.4 is 5.32 Å². The van der Waals surface area contributed by atoms with Crippen LogP contribution in [0.5, 0.6) is 0 Å². The third-order valence-electron chi connectivity index (χ3n) is 3.72. The molecule has 0 amide bonds. The maximum Gasteiger partial charge on any atom is 0.333 e. The van der Waals surface area contributed by atoms with E-state index in [9.17, 15) is 10.1 Å². The second-order valence-electron chi connectivity index (χ2n) is 5.20. The summed E-state index contributed by atoms with van der Waals surface area (Å²) in [6, 6.07) is 7.69. The van der Waals surface area contributed by atoms with Gasteiger partial charge in [-0.1, -0.05) is 30.7 Å². The van der Waals surface area contributed by atoms with Crippen molar-refractivity contribution in [2.45, 2.75) is 26.2 Å². The molecule has 0 aliphatic carbocycles. The van der Waals surface area contributed by atoms with E-state index >= 15 is 0 Å². The molecule has 0 bridgehead atoms. The Hall–Kier alpha value is -2.08. The summed E-state index contributed by atoms with van der Waals surface area (Å²) in [4.78, 5) is 10.8. The summed E-state index contributed by atoms with van der Waals surface area (Å²) in [5, 5.41) is 19.2. The van der Waals surface area contributed by atoms with Crippen molar-refractivity contribution in [1.82, 2.24) is 9.78 Å². The highest BCUT2D eigenvalue weighted by molar-refractivity contribution is 6.30. The number of hydrogen-bond acceptors (Lipinski definition) is 4. The van der Waals surface area contributed by atoms with Crippen LogP contribution in [0.15, 0.2) is 24.3 Å². The Morgan fingerprint density at radius 3 is 2.59 bits per heavy atom. The molecule has 118 valence electrons. The number of halogens is 1. The highest BCUT2D eigenvalue weighted by Crippen LogP contribution is 2.29. The first-order valence-electron chi connectivity index (χ1n) is 7.11. The molecule has 2 rings (SSSR count). The third-order valence-corrected chi connectivity index (χ3v) is 3.98. The molecule has 0 spiro atoms. The predicted molar refractivity (Wildman–Crippen MR) is 87.6 cm³/mol. The SMILES string of the molecule is CCC(CNc1c([N+](=O)[O-])c(C)nn1C)c1ccc(Cl)cc1. The van der Waals surface area contributed by atoms with E-state index in [0.717, 1.165) is 12.0 Å². The quantitative estimate of drug-likeness (QED) is 0.646. The van der Waals surface area contributed by atoms with Crippen molar-refractivity contribution in [2.75, 3.05) is 11.9 Å². The fourth-order valence-corrected chi connectivity index (χ4v) is 2.64. The predicted octanol–water partition coefficient (Wildman–Crippen LogP) is 3.90. The molecule has 0 fully saturated rings. The Kier molecular flexibility index (Phi) is 5.03. The van der Waals surface area contributed by atoms with Gasteiger partial charge in [0.2, 0.25) is 5.82 Å². The van der Waals surface area contributed by atoms with Crippen LogP contribution in [0.3, 0.4) is 0 Å². The Morgan fingerprint density at radius 2 is 2.05 bits per heavy atom. The van der Waals surface area contributed by atoms with Gasteiger partial charge >= 0.3 is 5.69 Å². The monoisotopic (exact) mass is 322 g/mol. The van der Waals surface area contributed by atoms with E-state index in [1.54, 1.807) is 14.0 Å². The molecule has 1 N–H and O–H groups in total. The first kappa shape index (κ1) is 16.3. The zero-order valence-electron chi connectivity index (χ0n) is 12.8. The number of nitrogens with one attached hydrogen (secondary N) is 1. The van der Waals surface area contributed by atoms with Gasteiger partial charge < -0.3 is 5.32 Å². The molecule has 0 aliphatic rings. The van der Waals surface area contributed by atoms with Crippen LogP contribution in [0.4, 0.5) is 11.5 Å². The van der Waals surface area contributed by atoms with Gasteiger partial charge in [-0.3, -0.25) is 10.1 Å². The van der Waals surface area contributed by atoms with E-state index in [0.29, 0.717) is 23.1 Å². The van der Waals surface area contributed by atoms with Crippen LogP contribution in [0.2, 0.25) is 5.02 Å².